The van der Waals surface area contributed by atoms with Gasteiger partial charge in [-0.1, -0.05) is 12.1 Å². The first-order valence-electron chi connectivity index (χ1n) is 10.4. The number of amides is 3. The van der Waals surface area contributed by atoms with Crippen LogP contribution in [0, 0.1) is 3.57 Å². The van der Waals surface area contributed by atoms with Crippen molar-refractivity contribution in [3.8, 4) is 0 Å². The predicted molar refractivity (Wildman–Crippen MR) is 137 cm³/mol. The Kier molecular flexibility index (Phi) is 7.20. The maximum absolute atomic E-state index is 12.5. The number of hydrogen-bond acceptors (Lipinski definition) is 6. The van der Waals surface area contributed by atoms with Crippen LogP contribution in [0.3, 0.4) is 0 Å². The summed E-state index contributed by atoms with van der Waals surface area (Å²) in [5.74, 6) is -1.62. The van der Waals surface area contributed by atoms with E-state index in [0.717, 1.165) is 9.13 Å². The molecule has 0 unspecified atom stereocenters. The highest BCUT2D eigenvalue weighted by Crippen LogP contribution is 2.25. The molecule has 1 heterocycles. The van der Waals surface area contributed by atoms with Crippen LogP contribution in [0.15, 0.2) is 71.8 Å². The van der Waals surface area contributed by atoms with E-state index in [1.807, 2.05) is 12.1 Å². The SMILES string of the molecule is COC(=O)c1ccc(C(=O)NCc2ccc(C(=O)N/N=C3\C(=O)Nc4ccc(I)cc43)cc2)cc1. The number of halogens is 1. The van der Waals surface area contributed by atoms with Crippen LogP contribution >= 0.6 is 22.6 Å². The van der Waals surface area contributed by atoms with Gasteiger partial charge in [0.15, 0.2) is 5.71 Å². The highest BCUT2D eigenvalue weighted by Gasteiger charge is 2.26. The number of ether oxygens (including phenoxy) is 1. The van der Waals surface area contributed by atoms with Gasteiger partial charge in [0, 0.05) is 26.8 Å². The molecular weight excluding hydrogens is 563 g/mol. The highest BCUT2D eigenvalue weighted by molar-refractivity contribution is 14.1. The van der Waals surface area contributed by atoms with Crippen molar-refractivity contribution in [2.75, 3.05) is 12.4 Å². The monoisotopic (exact) mass is 582 g/mol. The zero-order chi connectivity index (χ0) is 24.9. The standard InChI is InChI=1S/C25H19IN4O5/c1-35-25(34)17-8-6-15(7-9-17)22(31)27-13-14-2-4-16(5-3-14)23(32)30-29-21-19-12-18(26)10-11-20(19)28-24(21)33/h2-12H,13H2,1H3,(H,27,31)(H,30,32)(H,28,29,33). The van der Waals surface area contributed by atoms with E-state index in [4.69, 9.17) is 0 Å². The lowest BCUT2D eigenvalue weighted by Gasteiger charge is -2.07. The van der Waals surface area contributed by atoms with E-state index in [2.05, 4.69) is 48.5 Å². The van der Waals surface area contributed by atoms with Gasteiger partial charge in [-0.2, -0.15) is 5.10 Å². The van der Waals surface area contributed by atoms with E-state index in [0.29, 0.717) is 27.9 Å². The molecule has 0 radical (unpaired) electrons. The number of esters is 1. The van der Waals surface area contributed by atoms with Crippen molar-refractivity contribution in [1.29, 1.82) is 0 Å². The van der Waals surface area contributed by atoms with Gasteiger partial charge in [0.1, 0.15) is 0 Å². The lowest BCUT2D eigenvalue weighted by molar-refractivity contribution is -0.110. The number of carbonyl (C=O) groups excluding carboxylic acids is 4. The molecule has 0 atom stereocenters. The summed E-state index contributed by atoms with van der Waals surface area (Å²) < 4.78 is 5.58. The average molecular weight is 582 g/mol. The number of hydrogen-bond donors (Lipinski definition) is 3. The van der Waals surface area contributed by atoms with Crippen molar-refractivity contribution >= 4 is 57.7 Å². The van der Waals surface area contributed by atoms with Crippen LogP contribution < -0.4 is 16.1 Å². The number of rotatable bonds is 6. The molecular formula is C25H19IN4O5. The van der Waals surface area contributed by atoms with Crippen molar-refractivity contribution < 1.29 is 23.9 Å². The van der Waals surface area contributed by atoms with E-state index >= 15 is 0 Å². The second kappa shape index (κ2) is 10.5. The van der Waals surface area contributed by atoms with Crippen molar-refractivity contribution in [1.82, 2.24) is 10.7 Å². The summed E-state index contributed by atoms with van der Waals surface area (Å²) in [5, 5.41) is 9.51. The van der Waals surface area contributed by atoms with Crippen LogP contribution in [0.25, 0.3) is 0 Å². The molecule has 4 rings (SSSR count). The Labute approximate surface area is 214 Å². The smallest absolute Gasteiger partial charge is 0.337 e. The van der Waals surface area contributed by atoms with Gasteiger partial charge in [-0.05, 0) is 82.8 Å². The number of hydrazone groups is 1. The van der Waals surface area contributed by atoms with Crippen LogP contribution in [0.4, 0.5) is 5.69 Å². The Morgan fingerprint density at radius 2 is 1.54 bits per heavy atom. The number of fused-ring (bicyclic) bond motifs is 1. The van der Waals surface area contributed by atoms with E-state index in [1.165, 1.54) is 19.2 Å². The van der Waals surface area contributed by atoms with Crippen LogP contribution in [0.5, 0.6) is 0 Å². The van der Waals surface area contributed by atoms with Gasteiger partial charge in [-0.25, -0.2) is 10.2 Å². The van der Waals surface area contributed by atoms with Gasteiger partial charge in [0.2, 0.25) is 0 Å². The Morgan fingerprint density at radius 1 is 0.914 bits per heavy atom. The quantitative estimate of drug-likeness (QED) is 0.234. The van der Waals surface area contributed by atoms with Crippen molar-refractivity contribution in [3.05, 3.63) is 98.1 Å². The molecule has 0 aliphatic carbocycles. The van der Waals surface area contributed by atoms with Crippen LogP contribution in [-0.2, 0) is 16.1 Å². The Morgan fingerprint density at radius 3 is 2.23 bits per heavy atom. The molecule has 176 valence electrons. The van der Waals surface area contributed by atoms with Crippen molar-refractivity contribution in [2.24, 2.45) is 5.10 Å². The molecule has 1 aliphatic heterocycles. The van der Waals surface area contributed by atoms with Crippen LogP contribution in [0.1, 0.15) is 42.2 Å². The van der Waals surface area contributed by atoms with Gasteiger partial charge < -0.3 is 15.4 Å². The zero-order valence-electron chi connectivity index (χ0n) is 18.4. The summed E-state index contributed by atoms with van der Waals surface area (Å²) in [6.07, 6.45) is 0. The van der Waals surface area contributed by atoms with Crippen LogP contribution in [0.2, 0.25) is 0 Å². The number of anilines is 1. The molecule has 3 aromatic rings. The van der Waals surface area contributed by atoms with Gasteiger partial charge in [0.25, 0.3) is 17.7 Å². The maximum atomic E-state index is 12.5. The molecule has 3 N–H and O–H groups in total. The topological polar surface area (TPSA) is 126 Å². The number of carbonyl (C=O) groups is 4. The Bertz CT molecular complexity index is 1350. The highest BCUT2D eigenvalue weighted by atomic mass is 127. The van der Waals surface area contributed by atoms with E-state index in [1.54, 1.807) is 42.5 Å². The fraction of sp³-hybridized carbons (Fsp3) is 0.0800. The van der Waals surface area contributed by atoms with Crippen molar-refractivity contribution in [3.63, 3.8) is 0 Å². The Balaban J connectivity index is 1.34. The van der Waals surface area contributed by atoms with Gasteiger partial charge in [-0.15, -0.1) is 0 Å². The summed E-state index contributed by atoms with van der Waals surface area (Å²) in [7, 11) is 1.29. The first-order chi connectivity index (χ1) is 16.9. The lowest BCUT2D eigenvalue weighted by atomic mass is 10.1. The van der Waals surface area contributed by atoms with Gasteiger partial charge in [-0.3, -0.25) is 14.4 Å². The molecule has 3 amide bonds. The molecule has 0 fully saturated rings. The minimum Gasteiger partial charge on any atom is -0.465 e. The first-order valence-corrected chi connectivity index (χ1v) is 11.5. The van der Waals surface area contributed by atoms with Crippen LogP contribution in [-0.4, -0.2) is 36.5 Å². The molecule has 3 aromatic carbocycles. The first kappa shape index (κ1) is 24.1. The lowest BCUT2D eigenvalue weighted by Crippen LogP contribution is -2.24. The fourth-order valence-electron chi connectivity index (χ4n) is 3.34. The summed E-state index contributed by atoms with van der Waals surface area (Å²) in [5.41, 5.74) is 5.74. The predicted octanol–water partition coefficient (Wildman–Crippen LogP) is 3.09. The molecule has 10 heteroatoms. The molecule has 0 bridgehead atoms. The number of benzene rings is 3. The Hall–Kier alpha value is -4.06. The van der Waals surface area contributed by atoms with Crippen molar-refractivity contribution in [2.45, 2.75) is 6.54 Å². The number of methoxy groups -OCH3 is 1. The maximum Gasteiger partial charge on any atom is 0.337 e. The second-order valence-electron chi connectivity index (χ2n) is 7.49. The van der Waals surface area contributed by atoms with E-state index in [-0.39, 0.29) is 24.1 Å². The summed E-state index contributed by atoms with van der Waals surface area (Å²) in [6.45, 7) is 0.247. The normalized spacial score (nSPS) is 13.1. The molecule has 1 aliphatic rings. The minimum absolute atomic E-state index is 0.144. The molecule has 0 saturated carbocycles. The molecule has 0 saturated heterocycles. The second-order valence-corrected chi connectivity index (χ2v) is 8.74. The summed E-state index contributed by atoms with van der Waals surface area (Å²) >= 11 is 2.14. The molecule has 0 aromatic heterocycles. The average Bonchev–Trinajstić information content (AvgIpc) is 3.19. The summed E-state index contributed by atoms with van der Waals surface area (Å²) in [6, 6.07) is 18.2. The fourth-order valence-corrected chi connectivity index (χ4v) is 3.83. The third-order valence-corrected chi connectivity index (χ3v) is 5.88. The molecule has 0 spiro atoms. The van der Waals surface area contributed by atoms with Gasteiger partial charge in [0.05, 0.1) is 18.4 Å². The van der Waals surface area contributed by atoms with E-state index in [9.17, 15) is 19.2 Å². The third-order valence-electron chi connectivity index (χ3n) is 5.21. The van der Waals surface area contributed by atoms with E-state index < -0.39 is 11.9 Å². The van der Waals surface area contributed by atoms with Gasteiger partial charge >= 0.3 is 5.97 Å². The minimum atomic E-state index is -0.474. The summed E-state index contributed by atoms with van der Waals surface area (Å²) in [4.78, 5) is 48.5. The third kappa shape index (κ3) is 5.54. The number of nitrogens with one attached hydrogen (secondary N) is 3. The molecule has 35 heavy (non-hydrogen) atoms. The zero-order valence-corrected chi connectivity index (χ0v) is 20.6. The molecule has 9 nitrogen and oxygen atoms in total. The number of nitrogens with zero attached hydrogens (tertiary/aromatic N) is 1. The largest absolute Gasteiger partial charge is 0.465 e.